The molecular weight excluding hydrogens is 385 g/mol. The van der Waals surface area contributed by atoms with Crippen molar-refractivity contribution in [3.8, 4) is 33.8 Å². The largest absolute Gasteiger partial charge is 0.573 e. The molecule has 4 rings (SSSR count). The lowest BCUT2D eigenvalue weighted by Crippen LogP contribution is -2.18. The number of furan rings is 1. The van der Waals surface area contributed by atoms with E-state index in [2.05, 4.69) is 4.74 Å². The molecule has 1 aliphatic heterocycles. The Labute approximate surface area is 164 Å². The third-order valence-electron chi connectivity index (χ3n) is 4.91. The number of fused-ring (bicyclic) bond motifs is 1. The van der Waals surface area contributed by atoms with Crippen molar-refractivity contribution in [1.29, 1.82) is 0 Å². The molecule has 4 nitrogen and oxygen atoms in total. The first-order valence-electron chi connectivity index (χ1n) is 8.87. The van der Waals surface area contributed by atoms with E-state index >= 15 is 0 Å². The number of rotatable bonds is 4. The van der Waals surface area contributed by atoms with E-state index in [4.69, 9.17) is 9.15 Å². The second-order valence-electron chi connectivity index (χ2n) is 7.51. The van der Waals surface area contributed by atoms with Crippen LogP contribution in [0.1, 0.15) is 29.8 Å². The lowest BCUT2D eigenvalue weighted by Gasteiger charge is -2.19. The first kappa shape index (κ1) is 19.1. The predicted molar refractivity (Wildman–Crippen MR) is 100 cm³/mol. The summed E-state index contributed by atoms with van der Waals surface area (Å²) in [6, 6.07) is 9.23. The molecule has 3 aromatic rings. The second-order valence-corrected chi connectivity index (χ2v) is 7.51. The highest BCUT2D eigenvalue weighted by Gasteiger charge is 2.36. The summed E-state index contributed by atoms with van der Waals surface area (Å²) in [5.74, 6) is 0.0836. The topological polar surface area (TPSA) is 48.7 Å². The van der Waals surface area contributed by atoms with E-state index in [1.165, 1.54) is 18.4 Å². The first-order valence-corrected chi connectivity index (χ1v) is 8.87. The zero-order valence-electron chi connectivity index (χ0n) is 15.7. The fourth-order valence-electron chi connectivity index (χ4n) is 3.46. The molecule has 150 valence electrons. The highest BCUT2D eigenvalue weighted by molar-refractivity contribution is 5.87. The summed E-state index contributed by atoms with van der Waals surface area (Å²) in [6.45, 7) is 4.38. The van der Waals surface area contributed by atoms with Crippen LogP contribution < -0.4 is 9.47 Å². The fraction of sp³-hybridized carbons (Fsp3) is 0.227. The first-order chi connectivity index (χ1) is 13.7. The average molecular weight is 402 g/mol. The van der Waals surface area contributed by atoms with Gasteiger partial charge in [-0.25, -0.2) is 0 Å². The SMILES string of the molecule is CC1(C)COc2c(-c3cc(C=O)ccc3OC(F)(F)F)cc(-c3ccoc3)cc21. The molecule has 1 aliphatic rings. The minimum atomic E-state index is -4.87. The molecule has 0 fully saturated rings. The van der Waals surface area contributed by atoms with Crippen molar-refractivity contribution in [2.75, 3.05) is 6.61 Å². The van der Waals surface area contributed by atoms with Gasteiger partial charge in [0.2, 0.25) is 0 Å². The summed E-state index contributed by atoms with van der Waals surface area (Å²) >= 11 is 0. The number of halogens is 3. The maximum atomic E-state index is 13.0. The van der Waals surface area contributed by atoms with Crippen molar-refractivity contribution in [2.24, 2.45) is 0 Å². The van der Waals surface area contributed by atoms with E-state index in [0.717, 1.165) is 22.8 Å². The molecular formula is C22H17F3O4. The number of carbonyl (C=O) groups is 1. The number of ether oxygens (including phenoxy) is 2. The zero-order chi connectivity index (χ0) is 20.8. The van der Waals surface area contributed by atoms with E-state index in [0.29, 0.717) is 24.2 Å². The van der Waals surface area contributed by atoms with Crippen molar-refractivity contribution >= 4 is 6.29 Å². The van der Waals surface area contributed by atoms with E-state index in [9.17, 15) is 18.0 Å². The van der Waals surface area contributed by atoms with Crippen LogP contribution in [0, 0.1) is 0 Å². The van der Waals surface area contributed by atoms with Crippen LogP contribution >= 0.6 is 0 Å². The summed E-state index contributed by atoms with van der Waals surface area (Å²) in [4.78, 5) is 11.3. The average Bonchev–Trinajstić information content (AvgIpc) is 3.29. The smallest absolute Gasteiger partial charge is 0.492 e. The van der Waals surface area contributed by atoms with Gasteiger partial charge < -0.3 is 13.9 Å². The molecule has 0 bridgehead atoms. The number of hydrogen-bond donors (Lipinski definition) is 0. The normalized spacial score (nSPS) is 14.9. The van der Waals surface area contributed by atoms with Crippen molar-refractivity contribution in [3.63, 3.8) is 0 Å². The third-order valence-corrected chi connectivity index (χ3v) is 4.91. The molecule has 7 heteroatoms. The lowest BCUT2D eigenvalue weighted by molar-refractivity contribution is -0.274. The number of aldehydes is 1. The molecule has 29 heavy (non-hydrogen) atoms. The van der Waals surface area contributed by atoms with Crippen LogP contribution in [0.3, 0.4) is 0 Å². The van der Waals surface area contributed by atoms with E-state index < -0.39 is 12.1 Å². The monoisotopic (exact) mass is 402 g/mol. The Morgan fingerprint density at radius 3 is 2.52 bits per heavy atom. The maximum Gasteiger partial charge on any atom is 0.573 e. The van der Waals surface area contributed by atoms with Crippen molar-refractivity contribution in [3.05, 3.63) is 60.1 Å². The van der Waals surface area contributed by atoms with Gasteiger partial charge in [-0.3, -0.25) is 4.79 Å². The van der Waals surface area contributed by atoms with Gasteiger partial charge in [-0.15, -0.1) is 13.2 Å². The van der Waals surface area contributed by atoms with Gasteiger partial charge in [0.05, 0.1) is 19.1 Å². The van der Waals surface area contributed by atoms with Crippen LogP contribution in [0.5, 0.6) is 11.5 Å². The van der Waals surface area contributed by atoms with Gasteiger partial charge in [-0.1, -0.05) is 13.8 Å². The molecule has 0 radical (unpaired) electrons. The Hall–Kier alpha value is -3.22. The lowest BCUT2D eigenvalue weighted by atomic mass is 9.83. The molecule has 0 saturated heterocycles. The van der Waals surface area contributed by atoms with Crippen LogP contribution in [0.25, 0.3) is 22.3 Å². The zero-order valence-corrected chi connectivity index (χ0v) is 15.7. The summed E-state index contributed by atoms with van der Waals surface area (Å²) in [5, 5.41) is 0. The van der Waals surface area contributed by atoms with E-state index in [-0.39, 0.29) is 16.5 Å². The highest BCUT2D eigenvalue weighted by atomic mass is 19.4. The van der Waals surface area contributed by atoms with Gasteiger partial charge in [-0.2, -0.15) is 0 Å². The number of carbonyl (C=O) groups excluding carboxylic acids is 1. The van der Waals surface area contributed by atoms with Crippen LogP contribution in [0.15, 0.2) is 53.3 Å². The molecule has 2 heterocycles. The van der Waals surface area contributed by atoms with Gasteiger partial charge in [0.25, 0.3) is 0 Å². The number of alkyl halides is 3. The summed E-state index contributed by atoms with van der Waals surface area (Å²) in [5.41, 5.74) is 2.85. The maximum absolute atomic E-state index is 13.0. The molecule has 0 aliphatic carbocycles. The Morgan fingerprint density at radius 1 is 1.07 bits per heavy atom. The molecule has 0 saturated carbocycles. The summed E-state index contributed by atoms with van der Waals surface area (Å²) < 4.78 is 54.2. The minimum Gasteiger partial charge on any atom is -0.492 e. The van der Waals surface area contributed by atoms with Crippen LogP contribution in [-0.2, 0) is 5.41 Å². The Bertz CT molecular complexity index is 1070. The molecule has 0 N–H and O–H groups in total. The van der Waals surface area contributed by atoms with Gasteiger partial charge >= 0.3 is 6.36 Å². The Morgan fingerprint density at radius 2 is 1.86 bits per heavy atom. The van der Waals surface area contributed by atoms with E-state index in [1.807, 2.05) is 19.9 Å². The van der Waals surface area contributed by atoms with Crippen LogP contribution in [0.4, 0.5) is 13.2 Å². The quantitative estimate of drug-likeness (QED) is 0.503. The summed E-state index contributed by atoms with van der Waals surface area (Å²) in [7, 11) is 0. The number of benzene rings is 2. The van der Waals surface area contributed by atoms with Gasteiger partial charge in [0, 0.05) is 33.2 Å². The Balaban J connectivity index is 1.99. The van der Waals surface area contributed by atoms with Crippen molar-refractivity contribution < 1.29 is 31.9 Å². The highest BCUT2D eigenvalue weighted by Crippen LogP contribution is 2.49. The Kier molecular flexibility index (Phi) is 4.41. The predicted octanol–water partition coefficient (Wildman–Crippen LogP) is 5.99. The van der Waals surface area contributed by atoms with Crippen molar-refractivity contribution in [1.82, 2.24) is 0 Å². The second kappa shape index (κ2) is 6.69. The van der Waals surface area contributed by atoms with Crippen LogP contribution in [-0.4, -0.2) is 19.3 Å². The van der Waals surface area contributed by atoms with E-state index in [1.54, 1.807) is 18.4 Å². The number of hydrogen-bond acceptors (Lipinski definition) is 4. The molecule has 0 unspecified atom stereocenters. The summed E-state index contributed by atoms with van der Waals surface area (Å²) in [6.07, 6.45) is -1.22. The third kappa shape index (κ3) is 3.60. The van der Waals surface area contributed by atoms with Crippen LogP contribution in [0.2, 0.25) is 0 Å². The van der Waals surface area contributed by atoms with Crippen molar-refractivity contribution in [2.45, 2.75) is 25.6 Å². The molecule has 0 amide bonds. The standard InChI is InChI=1S/C22H17F3O4/c1-21(2)12-28-20-17(8-15(9-18(20)21)14-5-6-27-11-14)16-7-13(10-26)3-4-19(16)29-22(23,24)25/h3-11H,12H2,1-2H3. The fourth-order valence-corrected chi connectivity index (χ4v) is 3.46. The molecule has 2 aromatic carbocycles. The minimum absolute atomic E-state index is 0.131. The molecule has 0 atom stereocenters. The van der Waals surface area contributed by atoms with Gasteiger partial charge in [-0.05, 0) is 42.0 Å². The van der Waals surface area contributed by atoms with Gasteiger partial charge in [0.15, 0.2) is 0 Å². The molecule has 1 aromatic heterocycles. The van der Waals surface area contributed by atoms with Gasteiger partial charge in [0.1, 0.15) is 17.8 Å². The molecule has 0 spiro atoms.